The largest absolute Gasteiger partial charge is 0.377 e. The van der Waals surface area contributed by atoms with Gasteiger partial charge in [0.15, 0.2) is 5.96 Å². The molecule has 0 radical (unpaired) electrons. The van der Waals surface area contributed by atoms with Crippen molar-refractivity contribution >= 4 is 29.9 Å². The van der Waals surface area contributed by atoms with Gasteiger partial charge in [-0.05, 0) is 31.6 Å². The lowest BCUT2D eigenvalue weighted by molar-refractivity contribution is 0.153. The molecule has 2 aliphatic rings. The van der Waals surface area contributed by atoms with Crippen LogP contribution in [0, 0.1) is 5.41 Å². The number of nitrogens with one attached hydrogen (secondary N) is 1. The van der Waals surface area contributed by atoms with Crippen molar-refractivity contribution in [1.29, 1.82) is 0 Å². The fourth-order valence-corrected chi connectivity index (χ4v) is 2.82. The summed E-state index contributed by atoms with van der Waals surface area (Å²) >= 11 is 0. The Kier molecular flexibility index (Phi) is 8.02. The van der Waals surface area contributed by atoms with Crippen molar-refractivity contribution in [3.8, 4) is 0 Å². The number of hydrogen-bond donors (Lipinski definition) is 1. The fourth-order valence-electron chi connectivity index (χ4n) is 2.82. The minimum Gasteiger partial charge on any atom is -0.377 e. The van der Waals surface area contributed by atoms with Gasteiger partial charge in [-0.15, -0.1) is 24.0 Å². The summed E-state index contributed by atoms with van der Waals surface area (Å²) in [7, 11) is 0. The van der Waals surface area contributed by atoms with E-state index in [4.69, 9.17) is 9.73 Å². The van der Waals surface area contributed by atoms with Crippen LogP contribution in [-0.2, 0) is 4.74 Å². The normalized spacial score (nSPS) is 21.8. The predicted molar refractivity (Wildman–Crippen MR) is 99.5 cm³/mol. The molecule has 4 nitrogen and oxygen atoms in total. The van der Waals surface area contributed by atoms with E-state index in [1.807, 2.05) is 0 Å². The Morgan fingerprint density at radius 3 is 2.86 bits per heavy atom. The SMILES string of the molecule is CCNC(=NCCC1=CCOCC1)N1CCC(C)(C)C1.I. The third kappa shape index (κ3) is 6.14. The van der Waals surface area contributed by atoms with E-state index in [1.54, 1.807) is 0 Å². The van der Waals surface area contributed by atoms with Gasteiger partial charge in [0.2, 0.25) is 0 Å². The predicted octanol–water partition coefficient (Wildman–Crippen LogP) is 3.04. The molecule has 0 amide bonds. The highest BCUT2D eigenvalue weighted by molar-refractivity contribution is 14.0. The second-order valence-electron chi connectivity index (χ2n) is 6.51. The molecule has 0 spiro atoms. The number of aliphatic imine (C=N–C) groups is 1. The highest BCUT2D eigenvalue weighted by atomic mass is 127. The van der Waals surface area contributed by atoms with Crippen molar-refractivity contribution in [2.45, 2.75) is 40.0 Å². The minimum atomic E-state index is 0. The van der Waals surface area contributed by atoms with Crippen LogP contribution < -0.4 is 5.32 Å². The summed E-state index contributed by atoms with van der Waals surface area (Å²) in [4.78, 5) is 7.21. The molecule has 2 aliphatic heterocycles. The molecular weight excluding hydrogens is 377 g/mol. The first-order valence-corrected chi connectivity index (χ1v) is 7.90. The Morgan fingerprint density at radius 1 is 1.48 bits per heavy atom. The van der Waals surface area contributed by atoms with Crippen molar-refractivity contribution in [1.82, 2.24) is 10.2 Å². The number of ether oxygens (including phenoxy) is 1. The van der Waals surface area contributed by atoms with Crippen LogP contribution in [0.25, 0.3) is 0 Å². The molecule has 0 aliphatic carbocycles. The van der Waals surface area contributed by atoms with Crippen molar-refractivity contribution in [2.24, 2.45) is 10.4 Å². The Bertz CT molecular complexity index is 380. The smallest absolute Gasteiger partial charge is 0.193 e. The van der Waals surface area contributed by atoms with E-state index in [9.17, 15) is 0 Å². The summed E-state index contributed by atoms with van der Waals surface area (Å²) < 4.78 is 5.34. The molecule has 0 aromatic carbocycles. The lowest BCUT2D eigenvalue weighted by Gasteiger charge is -2.23. The lowest BCUT2D eigenvalue weighted by atomic mass is 9.93. The number of halogens is 1. The van der Waals surface area contributed by atoms with E-state index in [0.717, 1.165) is 58.2 Å². The van der Waals surface area contributed by atoms with Gasteiger partial charge in [0, 0.05) is 26.2 Å². The highest BCUT2D eigenvalue weighted by Crippen LogP contribution is 2.28. The average molecular weight is 407 g/mol. The van der Waals surface area contributed by atoms with Gasteiger partial charge in [0.05, 0.1) is 13.2 Å². The number of hydrogen-bond acceptors (Lipinski definition) is 2. The summed E-state index contributed by atoms with van der Waals surface area (Å²) in [6, 6.07) is 0. The zero-order valence-electron chi connectivity index (χ0n) is 13.7. The molecule has 0 bridgehead atoms. The topological polar surface area (TPSA) is 36.9 Å². The Balaban J connectivity index is 0.00000220. The van der Waals surface area contributed by atoms with E-state index in [-0.39, 0.29) is 24.0 Å². The van der Waals surface area contributed by atoms with Crippen LogP contribution in [0.3, 0.4) is 0 Å². The fraction of sp³-hybridized carbons (Fsp3) is 0.812. The van der Waals surface area contributed by atoms with Crippen molar-refractivity contribution < 1.29 is 4.74 Å². The van der Waals surface area contributed by atoms with Crippen LogP contribution in [0.5, 0.6) is 0 Å². The van der Waals surface area contributed by atoms with Gasteiger partial charge < -0.3 is 15.0 Å². The van der Waals surface area contributed by atoms with Gasteiger partial charge in [0.1, 0.15) is 0 Å². The third-order valence-corrected chi connectivity index (χ3v) is 4.06. The van der Waals surface area contributed by atoms with Crippen LogP contribution in [0.1, 0.15) is 40.0 Å². The summed E-state index contributed by atoms with van der Waals surface area (Å²) in [5.41, 5.74) is 1.91. The van der Waals surface area contributed by atoms with Crippen LogP contribution in [0.4, 0.5) is 0 Å². The molecule has 1 saturated heterocycles. The van der Waals surface area contributed by atoms with Crippen LogP contribution in [0.15, 0.2) is 16.6 Å². The molecule has 2 rings (SSSR count). The third-order valence-electron chi connectivity index (χ3n) is 4.06. The molecule has 0 aromatic rings. The summed E-state index contributed by atoms with van der Waals surface area (Å²) in [5, 5.41) is 3.43. The maximum absolute atomic E-state index is 5.34. The summed E-state index contributed by atoms with van der Waals surface area (Å²) in [5.74, 6) is 1.09. The van der Waals surface area contributed by atoms with Gasteiger partial charge in [-0.2, -0.15) is 0 Å². The average Bonchev–Trinajstić information content (AvgIpc) is 2.79. The molecule has 0 saturated carbocycles. The molecule has 0 aromatic heterocycles. The first-order valence-electron chi connectivity index (χ1n) is 7.90. The summed E-state index contributed by atoms with van der Waals surface area (Å²) in [6.07, 6.45) is 5.60. The van der Waals surface area contributed by atoms with Crippen molar-refractivity contribution in [3.05, 3.63) is 11.6 Å². The van der Waals surface area contributed by atoms with Crippen LogP contribution in [-0.4, -0.2) is 50.3 Å². The maximum Gasteiger partial charge on any atom is 0.193 e. The van der Waals surface area contributed by atoms with Crippen LogP contribution in [0.2, 0.25) is 0 Å². The van der Waals surface area contributed by atoms with Crippen molar-refractivity contribution in [3.63, 3.8) is 0 Å². The zero-order chi connectivity index (χ0) is 14.4. The monoisotopic (exact) mass is 407 g/mol. The van der Waals surface area contributed by atoms with E-state index in [1.165, 1.54) is 12.0 Å². The second kappa shape index (κ2) is 8.98. The molecular formula is C16H30IN3O. The summed E-state index contributed by atoms with van der Waals surface area (Å²) in [6.45, 7) is 12.5. The first-order chi connectivity index (χ1) is 9.61. The molecule has 1 N–H and O–H groups in total. The van der Waals surface area contributed by atoms with Gasteiger partial charge in [-0.1, -0.05) is 25.5 Å². The molecule has 21 heavy (non-hydrogen) atoms. The standard InChI is InChI=1S/C16H29N3O.HI/c1-4-17-15(19-10-8-16(2,3)13-19)18-9-5-14-6-11-20-12-7-14;/h6H,4-5,7-13H2,1-3H3,(H,17,18);1H. The van der Waals surface area contributed by atoms with E-state index < -0.39 is 0 Å². The molecule has 1 fully saturated rings. The van der Waals surface area contributed by atoms with Gasteiger partial charge >= 0.3 is 0 Å². The van der Waals surface area contributed by atoms with E-state index in [0.29, 0.717) is 5.41 Å². The lowest BCUT2D eigenvalue weighted by Crippen LogP contribution is -2.40. The Labute approximate surface area is 146 Å². The Hall–Kier alpha value is -0.300. The van der Waals surface area contributed by atoms with E-state index in [2.05, 4.69) is 37.1 Å². The number of guanidine groups is 1. The first kappa shape index (κ1) is 18.7. The number of nitrogens with zero attached hydrogens (tertiary/aromatic N) is 2. The molecule has 122 valence electrons. The van der Waals surface area contributed by atoms with E-state index >= 15 is 0 Å². The highest BCUT2D eigenvalue weighted by Gasteiger charge is 2.30. The Morgan fingerprint density at radius 2 is 2.29 bits per heavy atom. The van der Waals surface area contributed by atoms with Crippen molar-refractivity contribution in [2.75, 3.05) is 39.4 Å². The van der Waals surface area contributed by atoms with Gasteiger partial charge in [-0.3, -0.25) is 4.99 Å². The maximum atomic E-state index is 5.34. The molecule has 2 heterocycles. The van der Waals surface area contributed by atoms with Gasteiger partial charge in [-0.25, -0.2) is 0 Å². The molecule has 0 unspecified atom stereocenters. The molecule has 0 atom stereocenters. The number of rotatable bonds is 4. The van der Waals surface area contributed by atoms with Gasteiger partial charge in [0.25, 0.3) is 0 Å². The number of likely N-dealkylation sites (tertiary alicyclic amines) is 1. The zero-order valence-corrected chi connectivity index (χ0v) is 16.0. The second-order valence-corrected chi connectivity index (χ2v) is 6.51. The quantitative estimate of drug-likeness (QED) is 0.337. The molecule has 5 heteroatoms. The van der Waals surface area contributed by atoms with Crippen LogP contribution >= 0.6 is 24.0 Å². The minimum absolute atomic E-state index is 0.